The molecule has 2 aromatic rings. The van der Waals surface area contributed by atoms with Crippen molar-refractivity contribution < 1.29 is 9.53 Å². The van der Waals surface area contributed by atoms with Crippen LogP contribution in [0.5, 0.6) is 5.75 Å². The van der Waals surface area contributed by atoms with Crippen molar-refractivity contribution in [2.75, 3.05) is 13.1 Å². The van der Waals surface area contributed by atoms with Crippen molar-refractivity contribution in [1.29, 1.82) is 0 Å². The summed E-state index contributed by atoms with van der Waals surface area (Å²) in [5.74, 6) is 1.07. The van der Waals surface area contributed by atoms with Crippen LogP contribution in [0.25, 0.3) is 5.57 Å². The molecule has 5 rings (SSSR count). The zero-order valence-electron chi connectivity index (χ0n) is 17.9. The van der Waals surface area contributed by atoms with Crippen LogP contribution in [0.15, 0.2) is 54.6 Å². The van der Waals surface area contributed by atoms with E-state index in [0.29, 0.717) is 12.1 Å². The third kappa shape index (κ3) is 3.33. The molecule has 2 fully saturated rings. The van der Waals surface area contributed by atoms with E-state index in [1.807, 2.05) is 30.9 Å². The number of carbonyl (C=O) groups is 1. The standard InChI is InChI=1S/C26H30N2O2/c1-3-28(4-2)25(29)19-11-9-18(10-12-19)23-17-26(15-20-13-14-21(16-26)27-20)30-24-8-6-5-7-22(23)24/h5-12,17,20-21,27H,3-4,13-16H2,1-2H3. The fourth-order valence-corrected chi connectivity index (χ4v) is 5.44. The van der Waals surface area contributed by atoms with Gasteiger partial charge in [-0.2, -0.15) is 0 Å². The first-order valence-corrected chi connectivity index (χ1v) is 11.3. The molecule has 156 valence electrons. The van der Waals surface area contributed by atoms with E-state index in [9.17, 15) is 4.79 Å². The highest BCUT2D eigenvalue weighted by atomic mass is 16.5. The van der Waals surface area contributed by atoms with Crippen molar-refractivity contribution in [3.63, 3.8) is 0 Å². The van der Waals surface area contributed by atoms with E-state index in [4.69, 9.17) is 4.74 Å². The Bertz CT molecular complexity index is 963. The van der Waals surface area contributed by atoms with Crippen LogP contribution in [0.3, 0.4) is 0 Å². The Kier molecular flexibility index (Phi) is 4.90. The number of amides is 1. The molecule has 2 unspecified atom stereocenters. The number of benzene rings is 2. The lowest BCUT2D eigenvalue weighted by Crippen LogP contribution is -2.51. The number of rotatable bonds is 4. The smallest absolute Gasteiger partial charge is 0.253 e. The van der Waals surface area contributed by atoms with Crippen molar-refractivity contribution in [2.24, 2.45) is 0 Å². The quantitative estimate of drug-likeness (QED) is 0.810. The lowest BCUT2D eigenvalue weighted by atomic mass is 9.80. The maximum atomic E-state index is 12.7. The van der Waals surface area contributed by atoms with Crippen molar-refractivity contribution in [3.8, 4) is 5.75 Å². The first-order valence-electron chi connectivity index (χ1n) is 11.3. The molecular weight excluding hydrogens is 372 g/mol. The molecule has 1 amide bonds. The largest absolute Gasteiger partial charge is 0.482 e. The zero-order chi connectivity index (χ0) is 20.7. The summed E-state index contributed by atoms with van der Waals surface area (Å²) in [6, 6.07) is 17.5. The molecule has 30 heavy (non-hydrogen) atoms. The van der Waals surface area contributed by atoms with Gasteiger partial charge >= 0.3 is 0 Å². The van der Waals surface area contributed by atoms with E-state index < -0.39 is 0 Å². The molecule has 4 heteroatoms. The average Bonchev–Trinajstić information content (AvgIpc) is 3.12. The molecule has 3 aliphatic rings. The van der Waals surface area contributed by atoms with Crippen molar-refractivity contribution in [1.82, 2.24) is 10.2 Å². The summed E-state index contributed by atoms with van der Waals surface area (Å²) in [7, 11) is 0. The number of nitrogens with one attached hydrogen (secondary N) is 1. The van der Waals surface area contributed by atoms with Gasteiger partial charge in [0.15, 0.2) is 0 Å². The lowest BCUT2D eigenvalue weighted by Gasteiger charge is -2.43. The second-order valence-electron chi connectivity index (χ2n) is 8.82. The van der Waals surface area contributed by atoms with E-state index in [1.165, 1.54) is 18.4 Å². The van der Waals surface area contributed by atoms with E-state index >= 15 is 0 Å². The maximum absolute atomic E-state index is 12.7. The fraction of sp³-hybridized carbons (Fsp3) is 0.423. The van der Waals surface area contributed by atoms with Gasteiger partial charge in [-0.15, -0.1) is 0 Å². The van der Waals surface area contributed by atoms with Gasteiger partial charge in [0.05, 0.1) is 0 Å². The van der Waals surface area contributed by atoms with Gasteiger partial charge in [-0.25, -0.2) is 0 Å². The summed E-state index contributed by atoms with van der Waals surface area (Å²) in [4.78, 5) is 14.6. The molecule has 2 atom stereocenters. The van der Waals surface area contributed by atoms with Gasteiger partial charge in [-0.3, -0.25) is 4.79 Å². The fourth-order valence-electron chi connectivity index (χ4n) is 5.44. The molecule has 2 aromatic carbocycles. The molecule has 2 bridgehead atoms. The third-order valence-electron chi connectivity index (χ3n) is 6.91. The van der Waals surface area contributed by atoms with Gasteiger partial charge in [0.2, 0.25) is 0 Å². The van der Waals surface area contributed by atoms with Crippen LogP contribution < -0.4 is 10.1 Å². The predicted octanol–water partition coefficient (Wildman–Crippen LogP) is 4.65. The van der Waals surface area contributed by atoms with Crippen LogP contribution in [0.2, 0.25) is 0 Å². The van der Waals surface area contributed by atoms with Crippen LogP contribution in [0, 0.1) is 0 Å². The monoisotopic (exact) mass is 402 g/mol. The molecule has 2 saturated heterocycles. The Balaban J connectivity index is 1.52. The van der Waals surface area contributed by atoms with Crippen LogP contribution >= 0.6 is 0 Å². The average molecular weight is 403 g/mol. The minimum atomic E-state index is -0.240. The number of hydrogen-bond acceptors (Lipinski definition) is 3. The Labute approximate surface area is 178 Å². The van der Waals surface area contributed by atoms with Gasteiger partial charge in [-0.05, 0) is 62.1 Å². The Hall–Kier alpha value is -2.59. The van der Waals surface area contributed by atoms with Crippen molar-refractivity contribution >= 4 is 11.5 Å². The summed E-state index contributed by atoms with van der Waals surface area (Å²) in [5, 5.41) is 3.73. The summed E-state index contributed by atoms with van der Waals surface area (Å²) in [6.07, 6.45) is 6.87. The molecule has 0 radical (unpaired) electrons. The lowest BCUT2D eigenvalue weighted by molar-refractivity contribution is 0.0610. The Morgan fingerprint density at radius 2 is 1.70 bits per heavy atom. The highest BCUT2D eigenvalue weighted by Gasteiger charge is 2.46. The molecule has 1 spiro atoms. The molecular formula is C26H30N2O2. The minimum Gasteiger partial charge on any atom is -0.482 e. The number of nitrogens with zero attached hydrogens (tertiary/aromatic N) is 1. The minimum absolute atomic E-state index is 0.0966. The maximum Gasteiger partial charge on any atom is 0.253 e. The third-order valence-corrected chi connectivity index (χ3v) is 6.91. The van der Waals surface area contributed by atoms with E-state index in [1.54, 1.807) is 0 Å². The highest BCUT2D eigenvalue weighted by Crippen LogP contribution is 2.46. The number of ether oxygens (including phenoxy) is 1. The number of fused-ring (bicyclic) bond motifs is 3. The Morgan fingerprint density at radius 1 is 1.03 bits per heavy atom. The van der Waals surface area contributed by atoms with Gasteiger partial charge in [0, 0.05) is 49.1 Å². The van der Waals surface area contributed by atoms with Crippen LogP contribution in [0.1, 0.15) is 61.0 Å². The summed E-state index contributed by atoms with van der Waals surface area (Å²) in [5.41, 5.74) is 4.01. The molecule has 3 aliphatic heterocycles. The van der Waals surface area contributed by atoms with Crippen molar-refractivity contribution in [2.45, 2.75) is 57.2 Å². The number of hydrogen-bond donors (Lipinski definition) is 1. The van der Waals surface area contributed by atoms with Crippen LogP contribution in [-0.4, -0.2) is 41.6 Å². The Morgan fingerprint density at radius 3 is 2.37 bits per heavy atom. The summed E-state index contributed by atoms with van der Waals surface area (Å²) < 4.78 is 6.64. The summed E-state index contributed by atoms with van der Waals surface area (Å²) >= 11 is 0. The first kappa shape index (κ1) is 19.4. The molecule has 0 saturated carbocycles. The van der Waals surface area contributed by atoms with E-state index in [0.717, 1.165) is 48.4 Å². The van der Waals surface area contributed by atoms with Gasteiger partial charge in [0.25, 0.3) is 5.91 Å². The molecule has 0 aliphatic carbocycles. The number of para-hydroxylation sites is 1. The van der Waals surface area contributed by atoms with Crippen LogP contribution in [0.4, 0.5) is 0 Å². The molecule has 3 heterocycles. The van der Waals surface area contributed by atoms with E-state index in [-0.39, 0.29) is 11.5 Å². The van der Waals surface area contributed by atoms with Gasteiger partial charge in [-0.1, -0.05) is 30.3 Å². The normalized spacial score (nSPS) is 26.7. The SMILES string of the molecule is CCN(CC)C(=O)c1ccc(C2=CC3(CC4CCC(C3)N4)Oc3ccccc32)cc1. The molecule has 1 N–H and O–H groups in total. The first-order chi connectivity index (χ1) is 14.6. The summed E-state index contributed by atoms with van der Waals surface area (Å²) in [6.45, 7) is 5.49. The second-order valence-corrected chi connectivity index (χ2v) is 8.82. The van der Waals surface area contributed by atoms with E-state index in [2.05, 4.69) is 47.8 Å². The molecule has 4 nitrogen and oxygen atoms in total. The van der Waals surface area contributed by atoms with Gasteiger partial charge < -0.3 is 15.0 Å². The topological polar surface area (TPSA) is 41.6 Å². The second kappa shape index (κ2) is 7.59. The highest BCUT2D eigenvalue weighted by molar-refractivity contribution is 5.95. The van der Waals surface area contributed by atoms with Crippen molar-refractivity contribution in [3.05, 3.63) is 71.3 Å². The van der Waals surface area contributed by atoms with Gasteiger partial charge in [0.1, 0.15) is 11.4 Å². The number of piperidine rings is 1. The predicted molar refractivity (Wildman–Crippen MR) is 120 cm³/mol. The zero-order valence-corrected chi connectivity index (χ0v) is 17.9. The number of carbonyl (C=O) groups excluding carboxylic acids is 1. The van der Waals surface area contributed by atoms with Crippen LogP contribution in [-0.2, 0) is 0 Å². The molecule has 0 aromatic heterocycles.